The Bertz CT molecular complexity index is 538. The fourth-order valence-electron chi connectivity index (χ4n) is 7.53. The molecular weight excluding hydrogens is 287 g/mol. The van der Waals surface area contributed by atoms with E-state index in [-0.39, 0.29) is 5.92 Å². The summed E-state index contributed by atoms with van der Waals surface area (Å²) in [4.78, 5) is 0. The van der Waals surface area contributed by atoms with E-state index in [4.69, 9.17) is 6.42 Å². The van der Waals surface area contributed by atoms with Gasteiger partial charge in [-0.3, -0.25) is 0 Å². The maximum absolute atomic E-state index is 14.7. The number of halogens is 1. The van der Waals surface area contributed by atoms with Crippen LogP contribution in [0.2, 0.25) is 0 Å². The summed E-state index contributed by atoms with van der Waals surface area (Å²) in [5.74, 6) is 4.88. The summed E-state index contributed by atoms with van der Waals surface area (Å²) in [6.45, 7) is 4.59. The third kappa shape index (κ3) is 1.84. The van der Waals surface area contributed by atoms with Crippen molar-refractivity contribution in [3.63, 3.8) is 0 Å². The topological polar surface area (TPSA) is 20.2 Å². The second-order valence-electron chi connectivity index (χ2n) is 9.47. The van der Waals surface area contributed by atoms with E-state index in [1.54, 1.807) is 0 Å². The molecular formula is C21H31FO. The first-order chi connectivity index (χ1) is 10.9. The zero-order valence-electron chi connectivity index (χ0n) is 14.7. The van der Waals surface area contributed by atoms with Crippen molar-refractivity contribution < 1.29 is 9.50 Å². The molecule has 1 nitrogen and oxygen atoms in total. The minimum Gasteiger partial charge on any atom is -0.374 e. The van der Waals surface area contributed by atoms with Crippen LogP contribution in [0.15, 0.2) is 0 Å². The third-order valence-corrected chi connectivity index (χ3v) is 8.98. The maximum Gasteiger partial charge on any atom is 0.161 e. The average Bonchev–Trinajstić information content (AvgIpc) is 2.75. The van der Waals surface area contributed by atoms with Crippen molar-refractivity contribution >= 4 is 0 Å². The highest BCUT2D eigenvalue weighted by Crippen LogP contribution is 2.68. The molecule has 0 spiro atoms. The van der Waals surface area contributed by atoms with Gasteiger partial charge in [-0.1, -0.05) is 32.6 Å². The zero-order chi connectivity index (χ0) is 16.5. The molecule has 0 aliphatic heterocycles. The summed E-state index contributed by atoms with van der Waals surface area (Å²) in [5, 5.41) is 10.9. The highest BCUT2D eigenvalue weighted by molar-refractivity contribution is 5.27. The Hall–Kier alpha value is -0.550. The summed E-state index contributed by atoms with van der Waals surface area (Å²) in [5.41, 5.74) is -1.53. The Morgan fingerprint density at radius 3 is 2.57 bits per heavy atom. The number of alkyl halides is 1. The van der Waals surface area contributed by atoms with Gasteiger partial charge in [0.15, 0.2) is 5.60 Å². The van der Waals surface area contributed by atoms with Gasteiger partial charge in [-0.05, 0) is 74.0 Å². The van der Waals surface area contributed by atoms with Crippen LogP contribution in [-0.2, 0) is 0 Å². The van der Waals surface area contributed by atoms with Crippen LogP contribution in [0.1, 0.15) is 71.6 Å². The van der Waals surface area contributed by atoms with E-state index >= 15 is 0 Å². The minimum absolute atomic E-state index is 0.261. The van der Waals surface area contributed by atoms with Gasteiger partial charge in [-0.2, -0.15) is 0 Å². The third-order valence-electron chi connectivity index (χ3n) is 8.98. The second-order valence-corrected chi connectivity index (χ2v) is 9.47. The smallest absolute Gasteiger partial charge is 0.161 e. The fourth-order valence-corrected chi connectivity index (χ4v) is 7.53. The second kappa shape index (κ2) is 4.98. The summed E-state index contributed by atoms with van der Waals surface area (Å²) >= 11 is 0. The van der Waals surface area contributed by atoms with Crippen molar-refractivity contribution in [2.45, 2.75) is 83.4 Å². The van der Waals surface area contributed by atoms with Crippen molar-refractivity contribution in [1.29, 1.82) is 0 Å². The van der Waals surface area contributed by atoms with Gasteiger partial charge in [-0.15, -0.1) is 6.42 Å². The van der Waals surface area contributed by atoms with E-state index in [1.165, 1.54) is 38.5 Å². The molecule has 8 atom stereocenters. The molecule has 0 aromatic carbocycles. The van der Waals surface area contributed by atoms with Crippen molar-refractivity contribution in [3.05, 3.63) is 0 Å². The lowest BCUT2D eigenvalue weighted by molar-refractivity contribution is -0.139. The molecule has 4 rings (SSSR count). The molecule has 2 heteroatoms. The van der Waals surface area contributed by atoms with Crippen molar-refractivity contribution in [3.8, 4) is 12.3 Å². The van der Waals surface area contributed by atoms with Crippen molar-refractivity contribution in [1.82, 2.24) is 0 Å². The number of terminal acetylenes is 1. The van der Waals surface area contributed by atoms with E-state index in [2.05, 4.69) is 19.8 Å². The van der Waals surface area contributed by atoms with Gasteiger partial charge in [0.1, 0.15) is 6.17 Å². The van der Waals surface area contributed by atoms with Crippen LogP contribution < -0.4 is 0 Å². The maximum atomic E-state index is 14.7. The van der Waals surface area contributed by atoms with Gasteiger partial charge in [0, 0.05) is 5.41 Å². The first-order valence-electron chi connectivity index (χ1n) is 9.71. The molecule has 0 radical (unpaired) electrons. The number of aliphatic hydroxyl groups is 1. The number of rotatable bonds is 0. The lowest BCUT2D eigenvalue weighted by atomic mass is 9.44. The van der Waals surface area contributed by atoms with Crippen molar-refractivity contribution in [2.75, 3.05) is 0 Å². The van der Waals surface area contributed by atoms with Crippen molar-refractivity contribution in [2.24, 2.45) is 34.5 Å². The predicted octanol–water partition coefficient (Wildman–Crippen LogP) is 4.73. The molecule has 4 aliphatic carbocycles. The number of hydrogen-bond donors (Lipinski definition) is 1. The molecule has 128 valence electrons. The SMILES string of the molecule is C#CC1(O)C(F)C[C@H]2[C@@H]3CCC4CCCC[C@]4(C)[C@@H]3CC[C@@]21C. The monoisotopic (exact) mass is 318 g/mol. The van der Waals surface area contributed by atoms with Gasteiger partial charge in [0.2, 0.25) is 0 Å². The molecule has 0 bridgehead atoms. The minimum atomic E-state index is -1.55. The summed E-state index contributed by atoms with van der Waals surface area (Å²) in [6.07, 6.45) is 14.9. The van der Waals surface area contributed by atoms with Gasteiger partial charge in [0.25, 0.3) is 0 Å². The Balaban J connectivity index is 1.69. The van der Waals surface area contributed by atoms with Gasteiger partial charge in [0.05, 0.1) is 0 Å². The molecule has 0 saturated heterocycles. The molecule has 1 N–H and O–H groups in total. The Labute approximate surface area is 140 Å². The van der Waals surface area contributed by atoms with E-state index < -0.39 is 17.2 Å². The molecule has 23 heavy (non-hydrogen) atoms. The van der Waals surface area contributed by atoms with Gasteiger partial charge < -0.3 is 5.11 Å². The average molecular weight is 318 g/mol. The first kappa shape index (κ1) is 15.9. The molecule has 0 aromatic rings. The van der Waals surface area contributed by atoms with Gasteiger partial charge >= 0.3 is 0 Å². The lowest BCUT2D eigenvalue weighted by Crippen LogP contribution is -2.56. The fraction of sp³-hybridized carbons (Fsp3) is 0.905. The van der Waals surface area contributed by atoms with E-state index in [0.29, 0.717) is 23.7 Å². The molecule has 4 fully saturated rings. The molecule has 0 heterocycles. The van der Waals surface area contributed by atoms with E-state index in [0.717, 1.165) is 18.8 Å². The Kier molecular flexibility index (Phi) is 3.45. The molecule has 0 aromatic heterocycles. The van der Waals surface area contributed by atoms with Crippen LogP contribution >= 0.6 is 0 Å². The largest absolute Gasteiger partial charge is 0.374 e. The van der Waals surface area contributed by atoms with E-state index in [9.17, 15) is 9.50 Å². The van der Waals surface area contributed by atoms with Crippen LogP contribution in [0.4, 0.5) is 4.39 Å². The Morgan fingerprint density at radius 2 is 1.83 bits per heavy atom. The number of hydrogen-bond acceptors (Lipinski definition) is 1. The van der Waals surface area contributed by atoms with E-state index in [1.807, 2.05) is 0 Å². The highest BCUT2D eigenvalue weighted by atomic mass is 19.1. The highest BCUT2D eigenvalue weighted by Gasteiger charge is 2.67. The summed E-state index contributed by atoms with van der Waals surface area (Å²) in [7, 11) is 0. The molecule has 4 aliphatic rings. The molecule has 0 amide bonds. The van der Waals surface area contributed by atoms with Crippen LogP contribution in [0.25, 0.3) is 0 Å². The summed E-state index contributed by atoms with van der Waals surface area (Å²) in [6, 6.07) is 0. The number of fused-ring (bicyclic) bond motifs is 5. The Morgan fingerprint density at radius 1 is 1.04 bits per heavy atom. The van der Waals surface area contributed by atoms with Crippen LogP contribution in [0.5, 0.6) is 0 Å². The quantitative estimate of drug-likeness (QED) is 0.640. The van der Waals surface area contributed by atoms with Crippen LogP contribution in [-0.4, -0.2) is 16.9 Å². The van der Waals surface area contributed by atoms with Crippen LogP contribution in [0, 0.1) is 46.8 Å². The standard InChI is InChI=1S/C21H31FO/c1-4-21(23)18(22)13-17-15-9-8-14-7-5-6-11-19(14,2)16(15)10-12-20(17,21)3/h1,14-18,23H,5-13H2,2-3H3/t14?,15-,16-,17+,18?,19+,20+,21?/m1/s1. The first-order valence-corrected chi connectivity index (χ1v) is 9.71. The normalized spacial score (nSPS) is 58.7. The molecule has 4 saturated carbocycles. The summed E-state index contributed by atoms with van der Waals surface area (Å²) < 4.78 is 14.7. The zero-order valence-corrected chi connectivity index (χ0v) is 14.7. The predicted molar refractivity (Wildman–Crippen MR) is 90.4 cm³/mol. The van der Waals surface area contributed by atoms with Gasteiger partial charge in [-0.25, -0.2) is 4.39 Å². The lowest BCUT2D eigenvalue weighted by Gasteiger charge is -2.60. The molecule has 3 unspecified atom stereocenters. The van der Waals surface area contributed by atoms with Crippen LogP contribution in [0.3, 0.4) is 0 Å².